The Bertz CT molecular complexity index is 373. The molecule has 0 aliphatic heterocycles. The van der Waals surface area contributed by atoms with Crippen LogP contribution in [0.5, 0.6) is 0 Å². The van der Waals surface area contributed by atoms with Crippen LogP contribution in [0.25, 0.3) is 0 Å². The minimum atomic E-state index is 0.0874. The van der Waals surface area contributed by atoms with Gasteiger partial charge in [-0.2, -0.15) is 0 Å². The minimum absolute atomic E-state index is 0.0874. The van der Waals surface area contributed by atoms with Crippen LogP contribution in [0.15, 0.2) is 24.3 Å². The molecule has 1 aromatic rings. The molecule has 0 bridgehead atoms. The molecule has 0 aliphatic carbocycles. The van der Waals surface area contributed by atoms with Crippen LogP contribution >= 0.6 is 0 Å². The maximum absolute atomic E-state index is 11.7. The molecule has 0 radical (unpaired) electrons. The van der Waals surface area contributed by atoms with Gasteiger partial charge in [0.15, 0.2) is 0 Å². The van der Waals surface area contributed by atoms with Gasteiger partial charge in [0.1, 0.15) is 0 Å². The van der Waals surface area contributed by atoms with Crippen LogP contribution in [-0.2, 0) is 17.6 Å². The quantitative estimate of drug-likeness (QED) is 0.756. The molecule has 0 fully saturated rings. The summed E-state index contributed by atoms with van der Waals surface area (Å²) in [6.45, 7) is 4.99. The van der Waals surface area contributed by atoms with E-state index in [-0.39, 0.29) is 12.5 Å². The predicted molar refractivity (Wildman–Crippen MR) is 78.0 cm³/mol. The number of amides is 1. The molecule has 106 valence electrons. The first-order valence-corrected chi connectivity index (χ1v) is 7.11. The highest BCUT2D eigenvalue weighted by molar-refractivity contribution is 5.76. The van der Waals surface area contributed by atoms with E-state index in [4.69, 9.17) is 5.11 Å². The number of benzene rings is 1. The monoisotopic (exact) mass is 263 g/mol. The fourth-order valence-electron chi connectivity index (χ4n) is 1.90. The van der Waals surface area contributed by atoms with Gasteiger partial charge >= 0.3 is 0 Å². The van der Waals surface area contributed by atoms with Gasteiger partial charge < -0.3 is 10.4 Å². The van der Waals surface area contributed by atoms with Crippen LogP contribution in [-0.4, -0.2) is 24.2 Å². The second-order valence-electron chi connectivity index (χ2n) is 5.09. The zero-order valence-electron chi connectivity index (χ0n) is 12.0. The van der Waals surface area contributed by atoms with Crippen molar-refractivity contribution in [1.82, 2.24) is 5.32 Å². The number of carbonyl (C=O) groups is 1. The van der Waals surface area contributed by atoms with Crippen molar-refractivity contribution in [3.05, 3.63) is 35.4 Å². The number of aryl methyl sites for hydroxylation is 2. The average Bonchev–Trinajstić information content (AvgIpc) is 2.44. The van der Waals surface area contributed by atoms with Gasteiger partial charge in [-0.05, 0) is 36.3 Å². The van der Waals surface area contributed by atoms with E-state index in [2.05, 4.69) is 36.5 Å². The van der Waals surface area contributed by atoms with E-state index in [1.807, 2.05) is 6.92 Å². The van der Waals surface area contributed by atoms with E-state index < -0.39 is 0 Å². The van der Waals surface area contributed by atoms with E-state index in [9.17, 15) is 4.79 Å². The van der Waals surface area contributed by atoms with Crippen LogP contribution in [0.1, 0.15) is 37.8 Å². The van der Waals surface area contributed by atoms with Gasteiger partial charge in [-0.1, -0.05) is 38.1 Å². The smallest absolute Gasteiger partial charge is 0.220 e. The molecule has 1 rings (SSSR count). The highest BCUT2D eigenvalue weighted by atomic mass is 16.3. The number of hydrogen-bond acceptors (Lipinski definition) is 2. The number of nitrogens with one attached hydrogen (secondary N) is 1. The zero-order valence-corrected chi connectivity index (χ0v) is 12.0. The van der Waals surface area contributed by atoms with E-state index in [1.54, 1.807) is 0 Å². The molecule has 0 aromatic heterocycles. The Morgan fingerprint density at radius 3 is 2.47 bits per heavy atom. The zero-order chi connectivity index (χ0) is 14.1. The van der Waals surface area contributed by atoms with Gasteiger partial charge in [-0.15, -0.1) is 0 Å². The first kappa shape index (κ1) is 15.7. The third-order valence-electron chi connectivity index (χ3n) is 3.34. The van der Waals surface area contributed by atoms with Gasteiger partial charge in [-0.3, -0.25) is 4.79 Å². The van der Waals surface area contributed by atoms with Gasteiger partial charge in [-0.25, -0.2) is 0 Å². The normalized spacial score (nSPS) is 12.2. The average molecular weight is 263 g/mol. The molecular weight excluding hydrogens is 238 g/mol. The lowest BCUT2D eigenvalue weighted by atomic mass is 10.1. The standard InChI is InChI=1S/C16H25NO2/c1-3-14-4-6-15(7-5-14)8-9-16(19)17-12-13(2)10-11-18/h4-7,13,18H,3,8-12H2,1-2H3,(H,17,19). The van der Waals surface area contributed by atoms with Gasteiger partial charge in [0.25, 0.3) is 0 Å². The first-order valence-electron chi connectivity index (χ1n) is 7.11. The minimum Gasteiger partial charge on any atom is -0.396 e. The fourth-order valence-corrected chi connectivity index (χ4v) is 1.90. The largest absolute Gasteiger partial charge is 0.396 e. The molecule has 0 spiro atoms. The molecule has 19 heavy (non-hydrogen) atoms. The van der Waals surface area contributed by atoms with Crippen LogP contribution in [0.2, 0.25) is 0 Å². The Hall–Kier alpha value is -1.35. The molecule has 0 aliphatic rings. The second kappa shape index (κ2) is 8.70. The van der Waals surface area contributed by atoms with E-state index in [0.717, 1.165) is 19.3 Å². The van der Waals surface area contributed by atoms with Crippen molar-refractivity contribution >= 4 is 5.91 Å². The maximum Gasteiger partial charge on any atom is 0.220 e. The van der Waals surface area contributed by atoms with Crippen molar-refractivity contribution < 1.29 is 9.90 Å². The summed E-state index contributed by atoms with van der Waals surface area (Å²) in [6.07, 6.45) is 3.09. The van der Waals surface area contributed by atoms with Crippen molar-refractivity contribution in [2.24, 2.45) is 5.92 Å². The summed E-state index contributed by atoms with van der Waals surface area (Å²) in [6, 6.07) is 8.44. The number of aliphatic hydroxyl groups excluding tert-OH is 1. The SMILES string of the molecule is CCc1ccc(CCC(=O)NCC(C)CCO)cc1. The summed E-state index contributed by atoms with van der Waals surface area (Å²) in [5.41, 5.74) is 2.53. The lowest BCUT2D eigenvalue weighted by Gasteiger charge is -2.11. The van der Waals surface area contributed by atoms with Crippen LogP contribution in [0.3, 0.4) is 0 Å². The summed E-state index contributed by atoms with van der Waals surface area (Å²) in [4.78, 5) is 11.7. The van der Waals surface area contributed by atoms with Gasteiger partial charge in [0.05, 0.1) is 0 Å². The van der Waals surface area contributed by atoms with E-state index in [0.29, 0.717) is 18.9 Å². The summed E-state index contributed by atoms with van der Waals surface area (Å²) in [5.74, 6) is 0.419. The molecular formula is C16H25NO2. The molecule has 3 nitrogen and oxygen atoms in total. The van der Waals surface area contributed by atoms with Gasteiger partial charge in [0.2, 0.25) is 5.91 Å². The van der Waals surface area contributed by atoms with Crippen LogP contribution in [0.4, 0.5) is 0 Å². The number of hydrogen-bond donors (Lipinski definition) is 2. The molecule has 0 heterocycles. The topological polar surface area (TPSA) is 49.3 Å². The molecule has 0 saturated heterocycles. The Kier molecular flexibility index (Phi) is 7.19. The van der Waals surface area contributed by atoms with Crippen LogP contribution in [0, 0.1) is 5.92 Å². The first-order chi connectivity index (χ1) is 9.15. The van der Waals surface area contributed by atoms with E-state index in [1.165, 1.54) is 11.1 Å². The van der Waals surface area contributed by atoms with Crippen molar-refractivity contribution in [3.63, 3.8) is 0 Å². The Morgan fingerprint density at radius 1 is 1.26 bits per heavy atom. The van der Waals surface area contributed by atoms with E-state index >= 15 is 0 Å². The molecule has 2 N–H and O–H groups in total. The third-order valence-corrected chi connectivity index (χ3v) is 3.34. The highest BCUT2D eigenvalue weighted by Gasteiger charge is 2.05. The highest BCUT2D eigenvalue weighted by Crippen LogP contribution is 2.07. The summed E-state index contributed by atoms with van der Waals surface area (Å²) in [5, 5.41) is 11.7. The Balaban J connectivity index is 2.25. The number of rotatable bonds is 8. The van der Waals surface area contributed by atoms with Crippen molar-refractivity contribution in [3.8, 4) is 0 Å². The Morgan fingerprint density at radius 2 is 1.89 bits per heavy atom. The number of aliphatic hydroxyl groups is 1. The molecule has 1 unspecified atom stereocenters. The van der Waals surface area contributed by atoms with Crippen molar-refractivity contribution in [2.45, 2.75) is 39.5 Å². The third kappa shape index (κ3) is 6.39. The van der Waals surface area contributed by atoms with Crippen molar-refractivity contribution in [1.29, 1.82) is 0 Å². The summed E-state index contributed by atoms with van der Waals surface area (Å²) in [7, 11) is 0. The predicted octanol–water partition coefficient (Wildman–Crippen LogP) is 2.32. The molecule has 1 amide bonds. The lowest BCUT2D eigenvalue weighted by Crippen LogP contribution is -2.28. The number of carbonyl (C=O) groups excluding carboxylic acids is 1. The molecule has 0 saturated carbocycles. The Labute approximate surface area is 116 Å². The molecule has 1 aromatic carbocycles. The summed E-state index contributed by atoms with van der Waals surface area (Å²) >= 11 is 0. The maximum atomic E-state index is 11.7. The fraction of sp³-hybridized carbons (Fsp3) is 0.562. The van der Waals surface area contributed by atoms with Gasteiger partial charge in [0, 0.05) is 19.6 Å². The second-order valence-corrected chi connectivity index (χ2v) is 5.09. The summed E-state index contributed by atoms with van der Waals surface area (Å²) < 4.78 is 0. The van der Waals surface area contributed by atoms with Crippen molar-refractivity contribution in [2.75, 3.05) is 13.2 Å². The molecule has 3 heteroatoms. The molecule has 1 atom stereocenters. The lowest BCUT2D eigenvalue weighted by molar-refractivity contribution is -0.121. The van der Waals surface area contributed by atoms with Crippen LogP contribution < -0.4 is 5.32 Å².